The van der Waals surface area contributed by atoms with E-state index in [4.69, 9.17) is 4.52 Å². The van der Waals surface area contributed by atoms with Gasteiger partial charge >= 0.3 is 0 Å². The van der Waals surface area contributed by atoms with Gasteiger partial charge in [-0.15, -0.1) is 0 Å². The van der Waals surface area contributed by atoms with E-state index >= 15 is 0 Å². The van der Waals surface area contributed by atoms with E-state index in [9.17, 15) is 4.79 Å². The highest BCUT2D eigenvalue weighted by Gasteiger charge is 2.31. The van der Waals surface area contributed by atoms with Gasteiger partial charge in [0.1, 0.15) is 5.76 Å². The summed E-state index contributed by atoms with van der Waals surface area (Å²) in [5.74, 6) is 2.85. The normalized spacial score (nSPS) is 22.0. The Balaban J connectivity index is 1.18. The minimum Gasteiger partial charge on any atom is -0.361 e. The van der Waals surface area contributed by atoms with Crippen LogP contribution < -0.4 is 5.56 Å². The van der Waals surface area contributed by atoms with Gasteiger partial charge in [-0.1, -0.05) is 5.16 Å². The van der Waals surface area contributed by atoms with Crippen molar-refractivity contribution in [2.24, 2.45) is 5.92 Å². The first-order chi connectivity index (χ1) is 12.8. The number of hydrogen-bond donors (Lipinski definition) is 0. The van der Waals surface area contributed by atoms with E-state index in [2.05, 4.69) is 15.2 Å². The van der Waals surface area contributed by atoms with Crippen molar-refractivity contribution >= 4 is 0 Å². The van der Waals surface area contributed by atoms with Crippen molar-refractivity contribution in [2.45, 2.75) is 63.5 Å². The van der Waals surface area contributed by atoms with Crippen molar-refractivity contribution in [2.75, 3.05) is 13.1 Å². The standard InChI is InChI=1S/C20H26N4O2/c25-19-6-5-18(15-1-2-15)22-24(19)12-14-7-9-23(10-8-14)13-17-11-21-26-20(17)16-3-4-16/h5-6,11,14-16H,1-4,7-10,12-13H2. The molecule has 0 spiro atoms. The van der Waals surface area contributed by atoms with Gasteiger partial charge in [-0.05, 0) is 63.6 Å². The summed E-state index contributed by atoms with van der Waals surface area (Å²) in [5.41, 5.74) is 2.40. The zero-order chi connectivity index (χ0) is 17.5. The van der Waals surface area contributed by atoms with Crippen LogP contribution >= 0.6 is 0 Å². The summed E-state index contributed by atoms with van der Waals surface area (Å²) in [6.45, 7) is 3.83. The molecule has 0 N–H and O–H groups in total. The number of hydrogen-bond acceptors (Lipinski definition) is 5. The molecule has 2 saturated carbocycles. The van der Waals surface area contributed by atoms with Crippen molar-refractivity contribution in [1.82, 2.24) is 19.8 Å². The molecule has 0 bridgehead atoms. The SMILES string of the molecule is O=c1ccc(C2CC2)nn1CC1CCN(Cc2cnoc2C2CC2)CC1. The Morgan fingerprint density at radius 2 is 1.81 bits per heavy atom. The average Bonchev–Trinajstić information content (AvgIpc) is 3.58. The van der Waals surface area contributed by atoms with Crippen molar-refractivity contribution in [3.8, 4) is 0 Å². The highest BCUT2D eigenvalue weighted by Crippen LogP contribution is 2.42. The van der Waals surface area contributed by atoms with Crippen molar-refractivity contribution in [3.63, 3.8) is 0 Å². The first-order valence-corrected chi connectivity index (χ1v) is 10.00. The van der Waals surface area contributed by atoms with Crippen LogP contribution in [0.25, 0.3) is 0 Å². The van der Waals surface area contributed by atoms with E-state index < -0.39 is 0 Å². The predicted molar refractivity (Wildman–Crippen MR) is 97.0 cm³/mol. The monoisotopic (exact) mass is 354 g/mol. The van der Waals surface area contributed by atoms with Crippen molar-refractivity contribution < 1.29 is 4.52 Å². The molecule has 138 valence electrons. The van der Waals surface area contributed by atoms with Crippen molar-refractivity contribution in [1.29, 1.82) is 0 Å². The lowest BCUT2D eigenvalue weighted by Crippen LogP contribution is -2.36. The van der Waals surface area contributed by atoms with Crippen LogP contribution in [0.3, 0.4) is 0 Å². The molecule has 26 heavy (non-hydrogen) atoms. The second-order valence-electron chi connectivity index (χ2n) is 8.26. The second kappa shape index (κ2) is 6.65. The highest BCUT2D eigenvalue weighted by molar-refractivity contribution is 5.21. The fourth-order valence-corrected chi connectivity index (χ4v) is 4.07. The summed E-state index contributed by atoms with van der Waals surface area (Å²) in [7, 11) is 0. The third kappa shape index (κ3) is 3.47. The van der Waals surface area contributed by atoms with Gasteiger partial charge in [0.25, 0.3) is 5.56 Å². The summed E-state index contributed by atoms with van der Waals surface area (Å²) >= 11 is 0. The molecule has 5 rings (SSSR count). The van der Waals surface area contributed by atoms with Crippen LogP contribution in [0.5, 0.6) is 0 Å². The van der Waals surface area contributed by atoms with Crippen LogP contribution in [0.4, 0.5) is 0 Å². The van der Waals surface area contributed by atoms with Gasteiger partial charge in [0.2, 0.25) is 0 Å². The Kier molecular flexibility index (Phi) is 4.15. The fraction of sp³-hybridized carbons (Fsp3) is 0.650. The molecular weight excluding hydrogens is 328 g/mol. The van der Waals surface area contributed by atoms with Crippen LogP contribution in [0.15, 0.2) is 27.6 Å². The van der Waals surface area contributed by atoms with E-state index in [1.165, 1.54) is 31.2 Å². The van der Waals surface area contributed by atoms with Crippen LogP contribution in [-0.2, 0) is 13.1 Å². The predicted octanol–water partition coefficient (Wildman–Crippen LogP) is 2.90. The van der Waals surface area contributed by atoms with E-state index in [0.717, 1.165) is 50.5 Å². The van der Waals surface area contributed by atoms with Gasteiger partial charge in [-0.25, -0.2) is 4.68 Å². The molecule has 1 saturated heterocycles. The molecule has 6 nitrogen and oxygen atoms in total. The quantitative estimate of drug-likeness (QED) is 0.798. The Morgan fingerprint density at radius 3 is 2.54 bits per heavy atom. The molecule has 3 aliphatic rings. The summed E-state index contributed by atoms with van der Waals surface area (Å²) in [4.78, 5) is 14.6. The Bertz CT molecular complexity index is 826. The van der Waals surface area contributed by atoms with Gasteiger partial charge in [0.15, 0.2) is 0 Å². The Hall–Kier alpha value is -1.95. The van der Waals surface area contributed by atoms with Gasteiger partial charge in [0.05, 0.1) is 11.9 Å². The molecule has 2 aromatic rings. The zero-order valence-corrected chi connectivity index (χ0v) is 15.1. The van der Waals surface area contributed by atoms with E-state index in [1.807, 2.05) is 12.3 Å². The molecule has 0 atom stereocenters. The van der Waals surface area contributed by atoms with Gasteiger partial charge in [-0.2, -0.15) is 5.10 Å². The molecule has 3 heterocycles. The van der Waals surface area contributed by atoms with Crippen LogP contribution in [-0.4, -0.2) is 32.9 Å². The highest BCUT2D eigenvalue weighted by atomic mass is 16.5. The van der Waals surface area contributed by atoms with E-state index in [1.54, 1.807) is 10.7 Å². The third-order valence-electron chi connectivity index (χ3n) is 6.04. The lowest BCUT2D eigenvalue weighted by molar-refractivity contribution is 0.162. The minimum absolute atomic E-state index is 0.0374. The molecular formula is C20H26N4O2. The number of nitrogens with zero attached hydrogens (tertiary/aromatic N) is 4. The fourth-order valence-electron chi connectivity index (χ4n) is 4.07. The lowest BCUT2D eigenvalue weighted by Gasteiger charge is -2.31. The lowest BCUT2D eigenvalue weighted by atomic mass is 9.96. The molecule has 0 amide bonds. The molecule has 3 fully saturated rings. The third-order valence-corrected chi connectivity index (χ3v) is 6.04. The van der Waals surface area contributed by atoms with Gasteiger partial charge in [0, 0.05) is 36.6 Å². The molecule has 0 unspecified atom stereocenters. The molecule has 0 aromatic carbocycles. The summed E-state index contributed by atoms with van der Waals surface area (Å²) < 4.78 is 7.16. The molecule has 2 aliphatic carbocycles. The van der Waals surface area contributed by atoms with Gasteiger partial charge < -0.3 is 4.52 Å². The maximum atomic E-state index is 12.1. The number of piperidine rings is 1. The summed E-state index contributed by atoms with van der Waals surface area (Å²) in [5, 5.41) is 8.62. The Labute approximate surface area is 153 Å². The van der Waals surface area contributed by atoms with Crippen molar-refractivity contribution in [3.05, 3.63) is 45.7 Å². The van der Waals surface area contributed by atoms with Crippen LogP contribution in [0.1, 0.15) is 67.4 Å². The number of likely N-dealkylation sites (tertiary alicyclic amines) is 1. The number of rotatable bonds is 6. The smallest absolute Gasteiger partial charge is 0.266 e. The molecule has 2 aromatic heterocycles. The Morgan fingerprint density at radius 1 is 1.04 bits per heavy atom. The average molecular weight is 354 g/mol. The second-order valence-corrected chi connectivity index (χ2v) is 8.26. The topological polar surface area (TPSA) is 64.2 Å². The largest absolute Gasteiger partial charge is 0.361 e. The summed E-state index contributed by atoms with van der Waals surface area (Å²) in [6, 6.07) is 3.61. The first-order valence-electron chi connectivity index (χ1n) is 10.00. The van der Waals surface area contributed by atoms with Crippen LogP contribution in [0, 0.1) is 5.92 Å². The zero-order valence-electron chi connectivity index (χ0n) is 15.1. The molecule has 0 radical (unpaired) electrons. The molecule has 1 aliphatic heterocycles. The number of aromatic nitrogens is 3. The minimum atomic E-state index is 0.0374. The maximum absolute atomic E-state index is 12.1. The van der Waals surface area contributed by atoms with E-state index in [-0.39, 0.29) is 5.56 Å². The van der Waals surface area contributed by atoms with Crippen LogP contribution in [0.2, 0.25) is 0 Å². The summed E-state index contributed by atoms with van der Waals surface area (Å²) in [6.07, 6.45) is 9.05. The van der Waals surface area contributed by atoms with Gasteiger partial charge in [-0.3, -0.25) is 9.69 Å². The van der Waals surface area contributed by atoms with E-state index in [0.29, 0.717) is 17.8 Å². The molecule has 6 heteroatoms. The maximum Gasteiger partial charge on any atom is 0.266 e. The first kappa shape index (κ1) is 16.2.